The zero-order valence-corrected chi connectivity index (χ0v) is 10.2. The van der Waals surface area contributed by atoms with Crippen LogP contribution in [0.15, 0.2) is 42.5 Å². The van der Waals surface area contributed by atoms with Gasteiger partial charge in [0.05, 0.1) is 0 Å². The Morgan fingerprint density at radius 1 is 1.06 bits per heavy atom. The van der Waals surface area contributed by atoms with Crippen molar-refractivity contribution < 1.29 is 4.79 Å². The molecule has 1 aliphatic carbocycles. The Bertz CT molecular complexity index is 620. The van der Waals surface area contributed by atoms with Crippen molar-refractivity contribution in [2.45, 2.75) is 6.42 Å². The van der Waals surface area contributed by atoms with Crippen molar-refractivity contribution in [3.8, 4) is 11.1 Å². The minimum absolute atomic E-state index is 0.107. The third-order valence-corrected chi connectivity index (χ3v) is 3.30. The molecule has 0 aromatic heterocycles. The highest BCUT2D eigenvalue weighted by molar-refractivity contribution is 5.96. The van der Waals surface area contributed by atoms with E-state index in [4.69, 9.17) is 0 Å². The second kappa shape index (κ2) is 4.27. The molecule has 3 nitrogen and oxygen atoms in total. The highest BCUT2D eigenvalue weighted by Crippen LogP contribution is 2.36. The molecule has 0 saturated carbocycles. The van der Waals surface area contributed by atoms with Crippen molar-refractivity contribution in [1.82, 2.24) is 10.9 Å². The topological polar surface area (TPSA) is 41.1 Å². The molecule has 2 aromatic carbocycles. The number of carbonyl (C=O) groups is 1. The van der Waals surface area contributed by atoms with Gasteiger partial charge in [0.15, 0.2) is 0 Å². The summed E-state index contributed by atoms with van der Waals surface area (Å²) in [6.07, 6.45) is 0.958. The molecule has 2 aromatic rings. The monoisotopic (exact) mass is 238 g/mol. The van der Waals surface area contributed by atoms with Crippen molar-refractivity contribution in [3.63, 3.8) is 0 Å². The van der Waals surface area contributed by atoms with Crippen molar-refractivity contribution in [1.29, 1.82) is 0 Å². The summed E-state index contributed by atoms with van der Waals surface area (Å²) < 4.78 is 0. The summed E-state index contributed by atoms with van der Waals surface area (Å²) in [7, 11) is 1.68. The Labute approximate surface area is 106 Å². The number of nitrogens with one attached hydrogen (secondary N) is 2. The lowest BCUT2D eigenvalue weighted by atomic mass is 10.0. The fourth-order valence-electron chi connectivity index (χ4n) is 2.45. The number of carbonyl (C=O) groups excluding carboxylic acids is 1. The Balaban J connectivity index is 2.05. The molecule has 90 valence electrons. The first kappa shape index (κ1) is 11.0. The van der Waals surface area contributed by atoms with Crippen LogP contribution in [0, 0.1) is 0 Å². The Hall–Kier alpha value is -2.13. The molecule has 0 fully saturated rings. The van der Waals surface area contributed by atoms with Crippen molar-refractivity contribution in [2.24, 2.45) is 0 Å². The van der Waals surface area contributed by atoms with Crippen LogP contribution in [0.1, 0.15) is 21.5 Å². The van der Waals surface area contributed by atoms with Gasteiger partial charge in [-0.2, -0.15) is 0 Å². The van der Waals surface area contributed by atoms with Crippen LogP contribution in [0.3, 0.4) is 0 Å². The molecule has 3 rings (SSSR count). The average Bonchev–Trinajstić information content (AvgIpc) is 2.76. The molecule has 0 aliphatic heterocycles. The lowest BCUT2D eigenvalue weighted by Gasteiger charge is -2.06. The number of hydrazine groups is 1. The summed E-state index contributed by atoms with van der Waals surface area (Å²) in [5, 5.41) is 0. The minimum Gasteiger partial charge on any atom is -0.288 e. The average molecular weight is 238 g/mol. The summed E-state index contributed by atoms with van der Waals surface area (Å²) >= 11 is 0. The van der Waals surface area contributed by atoms with Crippen LogP contribution in [0.25, 0.3) is 11.1 Å². The first-order valence-corrected chi connectivity index (χ1v) is 5.98. The number of amides is 1. The molecule has 0 spiro atoms. The fraction of sp³-hybridized carbons (Fsp3) is 0.133. The molecule has 0 heterocycles. The summed E-state index contributed by atoms with van der Waals surface area (Å²) in [4.78, 5) is 11.8. The van der Waals surface area contributed by atoms with Gasteiger partial charge in [0.25, 0.3) is 5.91 Å². The number of fused-ring (bicyclic) bond motifs is 3. The third-order valence-electron chi connectivity index (χ3n) is 3.30. The second-order valence-corrected chi connectivity index (χ2v) is 4.41. The molecule has 3 heteroatoms. The van der Waals surface area contributed by atoms with E-state index in [0.717, 1.165) is 6.42 Å². The van der Waals surface area contributed by atoms with Gasteiger partial charge >= 0.3 is 0 Å². The van der Waals surface area contributed by atoms with Gasteiger partial charge in [0.1, 0.15) is 0 Å². The predicted molar refractivity (Wildman–Crippen MR) is 71.2 cm³/mol. The van der Waals surface area contributed by atoms with E-state index in [-0.39, 0.29) is 5.91 Å². The maximum Gasteiger partial charge on any atom is 0.265 e. The molecule has 0 unspecified atom stereocenters. The van der Waals surface area contributed by atoms with Crippen molar-refractivity contribution >= 4 is 5.91 Å². The van der Waals surface area contributed by atoms with Gasteiger partial charge in [0.2, 0.25) is 0 Å². The van der Waals surface area contributed by atoms with Crippen LogP contribution in [-0.2, 0) is 6.42 Å². The number of rotatable bonds is 2. The van der Waals surface area contributed by atoms with E-state index in [1.165, 1.54) is 22.3 Å². The Morgan fingerprint density at radius 2 is 1.83 bits per heavy atom. The van der Waals surface area contributed by atoms with Gasteiger partial charge in [-0.15, -0.1) is 0 Å². The highest BCUT2D eigenvalue weighted by atomic mass is 16.2. The number of benzene rings is 2. The third kappa shape index (κ3) is 1.69. The molecule has 1 amide bonds. The largest absolute Gasteiger partial charge is 0.288 e. The van der Waals surface area contributed by atoms with E-state index >= 15 is 0 Å². The Morgan fingerprint density at radius 3 is 2.67 bits per heavy atom. The summed E-state index contributed by atoms with van der Waals surface area (Å²) in [5.74, 6) is -0.107. The smallest absolute Gasteiger partial charge is 0.265 e. The predicted octanol–water partition coefficient (Wildman–Crippen LogP) is 2.12. The SMILES string of the molecule is CNNC(=O)c1ccc2c(c1)-c1ccccc1C2. The lowest BCUT2D eigenvalue weighted by molar-refractivity contribution is 0.0938. The van der Waals surface area contributed by atoms with Crippen molar-refractivity contribution in [2.75, 3.05) is 7.05 Å². The van der Waals surface area contributed by atoms with E-state index in [9.17, 15) is 4.79 Å². The van der Waals surface area contributed by atoms with Crippen LogP contribution in [0.4, 0.5) is 0 Å². The summed E-state index contributed by atoms with van der Waals surface area (Å²) in [6, 6.07) is 14.2. The number of hydrogen-bond acceptors (Lipinski definition) is 2. The normalized spacial score (nSPS) is 11.8. The van der Waals surface area contributed by atoms with Gasteiger partial charge < -0.3 is 0 Å². The molecule has 0 bridgehead atoms. The van der Waals surface area contributed by atoms with Gasteiger partial charge in [-0.25, -0.2) is 5.43 Å². The molecule has 2 N–H and O–H groups in total. The summed E-state index contributed by atoms with van der Waals surface area (Å²) in [6.45, 7) is 0. The second-order valence-electron chi connectivity index (χ2n) is 4.41. The zero-order chi connectivity index (χ0) is 12.5. The van der Waals surface area contributed by atoms with Gasteiger partial charge in [-0.3, -0.25) is 10.2 Å². The minimum atomic E-state index is -0.107. The lowest BCUT2D eigenvalue weighted by Crippen LogP contribution is -2.34. The Kier molecular flexibility index (Phi) is 2.61. The zero-order valence-electron chi connectivity index (χ0n) is 10.2. The molecule has 0 radical (unpaired) electrons. The van der Waals surface area contributed by atoms with Crippen molar-refractivity contribution in [3.05, 3.63) is 59.2 Å². The van der Waals surface area contributed by atoms with Crippen LogP contribution < -0.4 is 10.9 Å². The molecular formula is C15H14N2O. The molecule has 18 heavy (non-hydrogen) atoms. The molecule has 0 atom stereocenters. The van der Waals surface area contributed by atoms with Crippen LogP contribution >= 0.6 is 0 Å². The maximum atomic E-state index is 11.8. The highest BCUT2D eigenvalue weighted by Gasteiger charge is 2.19. The molecular weight excluding hydrogens is 224 g/mol. The van der Waals surface area contributed by atoms with Crippen LogP contribution in [0.2, 0.25) is 0 Å². The van der Waals surface area contributed by atoms with Crippen LogP contribution in [-0.4, -0.2) is 13.0 Å². The number of hydrogen-bond donors (Lipinski definition) is 2. The van der Waals surface area contributed by atoms with E-state index in [1.54, 1.807) is 7.05 Å². The quantitative estimate of drug-likeness (QED) is 0.671. The maximum absolute atomic E-state index is 11.8. The molecule has 0 saturated heterocycles. The van der Waals surface area contributed by atoms with Gasteiger partial charge in [-0.05, 0) is 40.8 Å². The van der Waals surface area contributed by atoms with E-state index < -0.39 is 0 Å². The standard InChI is InChI=1S/C15H14N2O/c1-16-17-15(18)12-7-6-11-8-10-4-2-3-5-13(10)14(11)9-12/h2-7,9,16H,8H2,1H3,(H,17,18). The van der Waals surface area contributed by atoms with Crippen LogP contribution in [0.5, 0.6) is 0 Å². The first-order chi connectivity index (χ1) is 8.79. The summed E-state index contributed by atoms with van der Waals surface area (Å²) in [5.41, 5.74) is 11.0. The van der Waals surface area contributed by atoms with E-state index in [0.29, 0.717) is 5.56 Å². The molecule has 1 aliphatic rings. The van der Waals surface area contributed by atoms with Gasteiger partial charge in [0, 0.05) is 12.6 Å². The fourth-order valence-corrected chi connectivity index (χ4v) is 2.45. The van der Waals surface area contributed by atoms with E-state index in [2.05, 4.69) is 29.1 Å². The van der Waals surface area contributed by atoms with E-state index in [1.807, 2.05) is 24.3 Å². The first-order valence-electron chi connectivity index (χ1n) is 5.98. The van der Waals surface area contributed by atoms with Gasteiger partial charge in [-0.1, -0.05) is 30.3 Å².